The maximum Gasteiger partial charge on any atom is 0.270 e. The Bertz CT molecular complexity index is 877. The van der Waals surface area contributed by atoms with Gasteiger partial charge < -0.3 is 0 Å². The second-order valence-electron chi connectivity index (χ2n) is 4.39. The van der Waals surface area contributed by atoms with E-state index in [0.29, 0.717) is 5.13 Å². The maximum atomic E-state index is 12.3. The Labute approximate surface area is 143 Å². The highest BCUT2D eigenvalue weighted by atomic mass is 35.5. The predicted octanol–water partition coefficient (Wildman–Crippen LogP) is 4.69. The number of rotatable bonds is 4. The van der Waals surface area contributed by atoms with Crippen molar-refractivity contribution in [2.24, 2.45) is 0 Å². The van der Waals surface area contributed by atoms with Crippen molar-refractivity contribution in [3.8, 4) is 10.6 Å². The molecule has 0 unspecified atom stereocenters. The van der Waals surface area contributed by atoms with Gasteiger partial charge in [0.05, 0.1) is 26.1 Å². The third-order valence-corrected chi connectivity index (χ3v) is 4.88. The summed E-state index contributed by atoms with van der Waals surface area (Å²) in [6.07, 6.45) is 0. The fraction of sp³-hybridized carbons (Fsp3) is 0. The van der Waals surface area contributed by atoms with Gasteiger partial charge in [-0.2, -0.15) is 0 Å². The minimum atomic E-state index is -0.578. The van der Waals surface area contributed by atoms with Crippen LogP contribution in [-0.4, -0.2) is 15.8 Å². The average molecular weight is 366 g/mol. The number of carbonyl (C=O) groups excluding carboxylic acids is 1. The van der Waals surface area contributed by atoms with E-state index in [1.807, 2.05) is 22.9 Å². The maximum absolute atomic E-state index is 12.3. The van der Waals surface area contributed by atoms with Crippen LogP contribution < -0.4 is 5.32 Å². The van der Waals surface area contributed by atoms with E-state index in [0.717, 1.165) is 16.6 Å². The van der Waals surface area contributed by atoms with Crippen LogP contribution in [-0.2, 0) is 0 Å². The predicted molar refractivity (Wildman–Crippen MR) is 91.5 cm³/mol. The molecule has 1 N–H and O–H groups in total. The number of nitro groups is 1. The number of nitrogens with zero attached hydrogens (tertiary/aromatic N) is 2. The molecule has 0 saturated carbocycles. The summed E-state index contributed by atoms with van der Waals surface area (Å²) in [4.78, 5) is 27.8. The van der Waals surface area contributed by atoms with Gasteiger partial charge in [0.2, 0.25) is 0 Å². The third-order valence-electron chi connectivity index (χ3n) is 2.90. The quantitative estimate of drug-likeness (QED) is 0.537. The number of halogens is 1. The zero-order chi connectivity index (χ0) is 16.4. The molecule has 116 valence electrons. The Morgan fingerprint density at radius 2 is 2.13 bits per heavy atom. The molecule has 9 heteroatoms. The lowest BCUT2D eigenvalue weighted by Gasteiger charge is -2.04. The number of nitro benzene ring substituents is 1. The first-order valence-electron chi connectivity index (χ1n) is 6.29. The molecule has 6 nitrogen and oxygen atoms in total. The number of thiazole rings is 1. The first kappa shape index (κ1) is 15.6. The summed E-state index contributed by atoms with van der Waals surface area (Å²) in [5.41, 5.74) is 0.608. The SMILES string of the molecule is O=C(Nc1nc(-c2cccs2)cs1)c1cc([N+](=O)[O-])ccc1Cl. The molecule has 2 aromatic heterocycles. The molecule has 0 aliphatic rings. The summed E-state index contributed by atoms with van der Waals surface area (Å²) >= 11 is 8.77. The van der Waals surface area contributed by atoms with Crippen molar-refractivity contribution < 1.29 is 9.72 Å². The summed E-state index contributed by atoms with van der Waals surface area (Å²) in [5, 5.41) is 17.7. The van der Waals surface area contributed by atoms with Crippen molar-refractivity contribution in [3.63, 3.8) is 0 Å². The number of amides is 1. The molecule has 0 radical (unpaired) electrons. The Kier molecular flexibility index (Phi) is 4.37. The monoisotopic (exact) mass is 365 g/mol. The van der Waals surface area contributed by atoms with Crippen molar-refractivity contribution in [2.45, 2.75) is 0 Å². The van der Waals surface area contributed by atoms with Crippen LogP contribution in [0, 0.1) is 10.1 Å². The molecule has 0 fully saturated rings. The molecule has 2 heterocycles. The van der Waals surface area contributed by atoms with Gasteiger partial charge >= 0.3 is 0 Å². The number of anilines is 1. The van der Waals surface area contributed by atoms with E-state index in [1.54, 1.807) is 11.3 Å². The van der Waals surface area contributed by atoms with Crippen LogP contribution in [0.25, 0.3) is 10.6 Å². The highest BCUT2D eigenvalue weighted by molar-refractivity contribution is 7.16. The number of benzene rings is 1. The van der Waals surface area contributed by atoms with E-state index in [2.05, 4.69) is 10.3 Å². The number of aromatic nitrogens is 1. The molecular weight excluding hydrogens is 358 g/mol. The summed E-state index contributed by atoms with van der Waals surface area (Å²) in [6.45, 7) is 0. The van der Waals surface area contributed by atoms with E-state index in [4.69, 9.17) is 11.6 Å². The van der Waals surface area contributed by atoms with Crippen LogP contribution in [0.15, 0.2) is 41.1 Å². The molecule has 0 aliphatic carbocycles. The molecular formula is C14H8ClN3O3S2. The van der Waals surface area contributed by atoms with Crippen molar-refractivity contribution in [1.82, 2.24) is 4.98 Å². The average Bonchev–Trinajstić information content (AvgIpc) is 3.18. The van der Waals surface area contributed by atoms with Gasteiger partial charge in [-0.25, -0.2) is 4.98 Å². The molecule has 23 heavy (non-hydrogen) atoms. The van der Waals surface area contributed by atoms with Crippen molar-refractivity contribution >= 4 is 51.0 Å². The molecule has 0 atom stereocenters. The first-order chi connectivity index (χ1) is 11.0. The Balaban J connectivity index is 1.82. The number of non-ortho nitro benzene ring substituents is 1. The van der Waals surface area contributed by atoms with E-state index in [1.165, 1.54) is 23.5 Å². The molecule has 0 saturated heterocycles. The fourth-order valence-corrected chi connectivity index (χ4v) is 3.50. The number of carbonyl (C=O) groups is 1. The molecule has 1 amide bonds. The number of nitrogens with one attached hydrogen (secondary N) is 1. The Hall–Kier alpha value is -2.29. The van der Waals surface area contributed by atoms with Gasteiger partial charge in [0.15, 0.2) is 5.13 Å². The molecule has 0 spiro atoms. The molecule has 3 rings (SSSR count). The molecule has 0 aliphatic heterocycles. The van der Waals surface area contributed by atoms with Crippen LogP contribution >= 0.6 is 34.3 Å². The van der Waals surface area contributed by atoms with Gasteiger partial charge in [-0.05, 0) is 17.5 Å². The highest BCUT2D eigenvalue weighted by Gasteiger charge is 2.17. The zero-order valence-corrected chi connectivity index (χ0v) is 13.7. The number of thiophene rings is 1. The standard InChI is InChI=1S/C14H8ClN3O3S2/c15-10-4-3-8(18(20)21)6-9(10)13(19)17-14-16-11(7-23-14)12-2-1-5-22-12/h1-7H,(H,16,17,19). The smallest absolute Gasteiger partial charge is 0.270 e. The van der Waals surface area contributed by atoms with E-state index >= 15 is 0 Å². The second-order valence-corrected chi connectivity index (χ2v) is 6.60. The minimum absolute atomic E-state index is 0.0359. The van der Waals surface area contributed by atoms with Gasteiger partial charge in [-0.1, -0.05) is 17.7 Å². The van der Waals surface area contributed by atoms with Gasteiger partial charge in [-0.15, -0.1) is 22.7 Å². The van der Waals surface area contributed by atoms with Crippen LogP contribution in [0.3, 0.4) is 0 Å². The van der Waals surface area contributed by atoms with E-state index in [9.17, 15) is 14.9 Å². The zero-order valence-electron chi connectivity index (χ0n) is 11.4. The molecule has 1 aromatic carbocycles. The lowest BCUT2D eigenvalue weighted by Crippen LogP contribution is -2.12. The molecule has 0 bridgehead atoms. The number of hydrogen-bond donors (Lipinski definition) is 1. The lowest BCUT2D eigenvalue weighted by atomic mass is 10.2. The van der Waals surface area contributed by atoms with Crippen LogP contribution in [0.1, 0.15) is 10.4 Å². The van der Waals surface area contributed by atoms with Crippen molar-refractivity contribution in [2.75, 3.05) is 5.32 Å². The van der Waals surface area contributed by atoms with Gasteiger partial charge in [0.25, 0.3) is 11.6 Å². The second kappa shape index (κ2) is 6.45. The lowest BCUT2D eigenvalue weighted by molar-refractivity contribution is -0.384. The first-order valence-corrected chi connectivity index (χ1v) is 8.43. The van der Waals surface area contributed by atoms with Gasteiger partial charge in [0.1, 0.15) is 0 Å². The van der Waals surface area contributed by atoms with Gasteiger partial charge in [-0.3, -0.25) is 20.2 Å². The van der Waals surface area contributed by atoms with Crippen LogP contribution in [0.5, 0.6) is 0 Å². The normalized spacial score (nSPS) is 10.5. The summed E-state index contributed by atoms with van der Waals surface area (Å²) in [5.74, 6) is -0.536. The van der Waals surface area contributed by atoms with Crippen LogP contribution in [0.4, 0.5) is 10.8 Å². The van der Waals surface area contributed by atoms with Crippen LogP contribution in [0.2, 0.25) is 5.02 Å². The number of hydrogen-bond acceptors (Lipinski definition) is 6. The largest absolute Gasteiger partial charge is 0.298 e. The topological polar surface area (TPSA) is 85.1 Å². The summed E-state index contributed by atoms with van der Waals surface area (Å²) in [6, 6.07) is 7.57. The summed E-state index contributed by atoms with van der Waals surface area (Å²) in [7, 11) is 0. The minimum Gasteiger partial charge on any atom is -0.298 e. The Morgan fingerprint density at radius 3 is 2.83 bits per heavy atom. The third kappa shape index (κ3) is 3.39. The highest BCUT2D eigenvalue weighted by Crippen LogP contribution is 2.29. The van der Waals surface area contributed by atoms with E-state index in [-0.39, 0.29) is 16.3 Å². The van der Waals surface area contributed by atoms with E-state index < -0.39 is 10.8 Å². The van der Waals surface area contributed by atoms with Gasteiger partial charge in [0, 0.05) is 17.5 Å². The fourth-order valence-electron chi connectivity index (χ4n) is 1.83. The Morgan fingerprint density at radius 1 is 1.30 bits per heavy atom. The van der Waals surface area contributed by atoms with Crippen molar-refractivity contribution in [1.29, 1.82) is 0 Å². The molecule has 3 aromatic rings. The van der Waals surface area contributed by atoms with Crippen molar-refractivity contribution in [3.05, 3.63) is 61.8 Å². The summed E-state index contributed by atoms with van der Waals surface area (Å²) < 4.78 is 0.